The van der Waals surface area contributed by atoms with E-state index in [0.717, 1.165) is 5.56 Å². The van der Waals surface area contributed by atoms with Crippen LogP contribution < -0.4 is 5.73 Å². The molecule has 1 saturated heterocycles. The second-order valence-corrected chi connectivity index (χ2v) is 7.42. The first-order valence-corrected chi connectivity index (χ1v) is 9.16. The minimum atomic E-state index is -0.313. The van der Waals surface area contributed by atoms with Gasteiger partial charge in [-0.3, -0.25) is 9.69 Å². The Morgan fingerprint density at radius 3 is 2.62 bits per heavy atom. The summed E-state index contributed by atoms with van der Waals surface area (Å²) in [6.07, 6.45) is 2.71. The summed E-state index contributed by atoms with van der Waals surface area (Å²) in [4.78, 5) is 19.1. The molecule has 1 aromatic carbocycles. The van der Waals surface area contributed by atoms with Crippen LogP contribution in [-0.2, 0) is 4.79 Å². The van der Waals surface area contributed by atoms with Crippen molar-refractivity contribution in [1.29, 1.82) is 0 Å². The molecule has 26 heavy (non-hydrogen) atoms. The van der Waals surface area contributed by atoms with Crippen molar-refractivity contribution in [1.82, 2.24) is 19.5 Å². The van der Waals surface area contributed by atoms with Gasteiger partial charge < -0.3 is 10.8 Å². The van der Waals surface area contributed by atoms with Crippen molar-refractivity contribution in [2.24, 2.45) is 11.7 Å². The number of hydrogen-bond acceptors (Lipinski definition) is 6. The van der Waals surface area contributed by atoms with E-state index < -0.39 is 0 Å². The molecule has 1 amide bonds. The number of piperidine rings is 1. The summed E-state index contributed by atoms with van der Waals surface area (Å²) >= 11 is 1.35. The number of carbonyl (C=O) groups excluding carboxylic acids is 1. The number of rotatable bonds is 4. The first-order valence-electron chi connectivity index (χ1n) is 8.35. The van der Waals surface area contributed by atoms with E-state index in [2.05, 4.69) is 15.0 Å². The summed E-state index contributed by atoms with van der Waals surface area (Å²) in [5, 5.41) is 14.7. The highest BCUT2D eigenvalue weighted by Crippen LogP contribution is 2.41. The molecule has 1 fully saturated rings. The fraction of sp³-hybridized carbons (Fsp3) is 0.353. The lowest BCUT2D eigenvalue weighted by Gasteiger charge is -2.36. The summed E-state index contributed by atoms with van der Waals surface area (Å²) in [5.74, 6) is -0.679. The van der Waals surface area contributed by atoms with Gasteiger partial charge in [-0.1, -0.05) is 23.5 Å². The first-order chi connectivity index (χ1) is 12.5. The topological polar surface area (TPSA) is 96.8 Å². The van der Waals surface area contributed by atoms with Crippen molar-refractivity contribution in [3.8, 4) is 5.88 Å². The molecule has 3 N–H and O–H groups in total. The van der Waals surface area contributed by atoms with Gasteiger partial charge >= 0.3 is 0 Å². The molecule has 3 heterocycles. The molecule has 1 atom stereocenters. The van der Waals surface area contributed by atoms with Crippen LogP contribution in [0.4, 0.5) is 4.39 Å². The van der Waals surface area contributed by atoms with Crippen molar-refractivity contribution in [3.63, 3.8) is 0 Å². The van der Waals surface area contributed by atoms with E-state index in [-0.39, 0.29) is 29.6 Å². The maximum atomic E-state index is 13.4. The minimum Gasteiger partial charge on any atom is -0.492 e. The van der Waals surface area contributed by atoms with Gasteiger partial charge in [-0.2, -0.15) is 9.61 Å². The molecular weight excluding hydrogens is 357 g/mol. The molecule has 9 heteroatoms. The van der Waals surface area contributed by atoms with Crippen LogP contribution in [0.2, 0.25) is 0 Å². The van der Waals surface area contributed by atoms with Gasteiger partial charge in [0, 0.05) is 5.92 Å². The average Bonchev–Trinajstić information content (AvgIpc) is 3.21. The maximum absolute atomic E-state index is 13.4. The van der Waals surface area contributed by atoms with Crippen molar-refractivity contribution in [3.05, 3.63) is 46.9 Å². The zero-order valence-corrected chi connectivity index (χ0v) is 14.7. The monoisotopic (exact) mass is 375 g/mol. The molecule has 0 saturated carbocycles. The minimum absolute atomic E-state index is 0.0360. The number of thiazole rings is 1. The number of aromatic nitrogens is 3. The molecule has 7 nitrogen and oxygen atoms in total. The van der Waals surface area contributed by atoms with E-state index in [1.165, 1.54) is 34.3 Å². The number of carbonyl (C=O) groups is 1. The fourth-order valence-corrected chi connectivity index (χ4v) is 4.58. The predicted molar refractivity (Wildman–Crippen MR) is 94.3 cm³/mol. The number of benzene rings is 1. The Bertz CT molecular complexity index is 930. The number of aromatic hydroxyl groups is 1. The summed E-state index contributed by atoms with van der Waals surface area (Å²) in [5.41, 5.74) is 6.30. The Kier molecular flexibility index (Phi) is 4.33. The van der Waals surface area contributed by atoms with Crippen LogP contribution in [0, 0.1) is 11.7 Å². The van der Waals surface area contributed by atoms with Gasteiger partial charge in [-0.05, 0) is 43.6 Å². The summed E-state index contributed by atoms with van der Waals surface area (Å²) in [7, 11) is 0. The molecule has 2 aromatic heterocycles. The number of nitrogens with zero attached hydrogens (tertiary/aromatic N) is 4. The highest BCUT2D eigenvalue weighted by atomic mass is 32.1. The molecule has 1 aliphatic rings. The van der Waals surface area contributed by atoms with Crippen LogP contribution in [0.1, 0.15) is 29.3 Å². The number of likely N-dealkylation sites (tertiary alicyclic amines) is 1. The smallest absolute Gasteiger partial charge is 0.230 e. The van der Waals surface area contributed by atoms with Crippen molar-refractivity contribution < 1.29 is 14.3 Å². The zero-order valence-electron chi connectivity index (χ0n) is 13.9. The van der Waals surface area contributed by atoms with Crippen LogP contribution in [0.3, 0.4) is 0 Å². The molecule has 0 spiro atoms. The molecule has 1 aliphatic heterocycles. The third-order valence-electron chi connectivity index (χ3n) is 4.87. The Morgan fingerprint density at radius 1 is 1.31 bits per heavy atom. The zero-order chi connectivity index (χ0) is 18.3. The number of fused-ring (bicyclic) bond motifs is 1. The number of nitrogens with two attached hydrogens (primary N) is 1. The maximum Gasteiger partial charge on any atom is 0.230 e. The van der Waals surface area contributed by atoms with Crippen LogP contribution >= 0.6 is 11.3 Å². The van der Waals surface area contributed by atoms with Gasteiger partial charge in [-0.15, -0.1) is 0 Å². The van der Waals surface area contributed by atoms with E-state index in [9.17, 15) is 14.3 Å². The molecule has 136 valence electrons. The summed E-state index contributed by atoms with van der Waals surface area (Å²) in [6.45, 7) is 1.31. The van der Waals surface area contributed by atoms with Crippen molar-refractivity contribution >= 4 is 22.2 Å². The van der Waals surface area contributed by atoms with Gasteiger partial charge in [0.1, 0.15) is 12.1 Å². The molecule has 0 bridgehead atoms. The number of amides is 1. The largest absolute Gasteiger partial charge is 0.492 e. The van der Waals surface area contributed by atoms with Crippen molar-refractivity contribution in [2.45, 2.75) is 18.9 Å². The van der Waals surface area contributed by atoms with E-state index in [4.69, 9.17) is 5.73 Å². The fourth-order valence-electron chi connectivity index (χ4n) is 3.49. The second kappa shape index (κ2) is 6.65. The van der Waals surface area contributed by atoms with Crippen LogP contribution in [0.5, 0.6) is 5.88 Å². The molecule has 3 aromatic rings. The number of primary amides is 1. The van der Waals surface area contributed by atoms with Gasteiger partial charge in [0.15, 0.2) is 0 Å². The predicted octanol–water partition coefficient (Wildman–Crippen LogP) is 1.92. The Labute approximate surface area is 152 Å². The summed E-state index contributed by atoms with van der Waals surface area (Å²) < 4.78 is 14.8. The highest BCUT2D eigenvalue weighted by Gasteiger charge is 2.33. The van der Waals surface area contributed by atoms with E-state index in [1.807, 2.05) is 0 Å². The Balaban J connectivity index is 1.72. The lowest BCUT2D eigenvalue weighted by Crippen LogP contribution is -2.40. The number of halogens is 1. The molecule has 0 aliphatic carbocycles. The van der Waals surface area contributed by atoms with E-state index >= 15 is 0 Å². The lowest BCUT2D eigenvalue weighted by molar-refractivity contribution is -0.123. The van der Waals surface area contributed by atoms with Crippen molar-refractivity contribution in [2.75, 3.05) is 13.1 Å². The van der Waals surface area contributed by atoms with Gasteiger partial charge in [0.2, 0.25) is 16.7 Å². The van der Waals surface area contributed by atoms with Gasteiger partial charge in [-0.25, -0.2) is 9.37 Å². The second-order valence-electron chi connectivity index (χ2n) is 6.41. The average molecular weight is 375 g/mol. The van der Waals surface area contributed by atoms with Crippen LogP contribution in [0.15, 0.2) is 30.6 Å². The van der Waals surface area contributed by atoms with Crippen LogP contribution in [-0.4, -0.2) is 43.6 Å². The quantitative estimate of drug-likeness (QED) is 0.726. The summed E-state index contributed by atoms with van der Waals surface area (Å²) in [6, 6.07) is 5.99. The standard InChI is InChI=1S/C17H18FN5O2S/c18-12-3-1-10(2-4-12)13(22-7-5-11(6-8-22)15(19)24)14-16(25)23-17(26-14)20-9-21-23/h1-4,9,11,13,25H,5-8H2,(H2,19,24)/t13-/m1/s1. The molecule has 4 rings (SSSR count). The Morgan fingerprint density at radius 2 is 2.00 bits per heavy atom. The number of hydrogen-bond donors (Lipinski definition) is 2. The SMILES string of the molecule is NC(=O)C1CCN([C@H](c2ccc(F)cc2)c2sc3ncnn3c2O)CC1. The third kappa shape index (κ3) is 2.93. The molecular formula is C17H18FN5O2S. The van der Waals surface area contributed by atoms with E-state index in [1.54, 1.807) is 12.1 Å². The molecule has 0 radical (unpaired) electrons. The van der Waals surface area contributed by atoms with Crippen LogP contribution in [0.25, 0.3) is 4.96 Å². The Hall–Kier alpha value is -2.52. The lowest BCUT2D eigenvalue weighted by atomic mass is 9.93. The highest BCUT2D eigenvalue weighted by molar-refractivity contribution is 7.17. The van der Waals surface area contributed by atoms with Gasteiger partial charge in [0.25, 0.3) is 0 Å². The van der Waals surface area contributed by atoms with Gasteiger partial charge in [0.05, 0.1) is 10.9 Å². The molecule has 0 unspecified atom stereocenters. The third-order valence-corrected chi connectivity index (χ3v) is 5.96. The first kappa shape index (κ1) is 16.9. The van der Waals surface area contributed by atoms with E-state index in [0.29, 0.717) is 35.8 Å². The normalized spacial score (nSPS) is 17.6.